The van der Waals surface area contributed by atoms with Crippen LogP contribution in [-0.2, 0) is 27.8 Å². The molecular weight excluding hydrogens is 378 g/mol. The van der Waals surface area contributed by atoms with Crippen molar-refractivity contribution in [3.8, 4) is 0 Å². The van der Waals surface area contributed by atoms with E-state index < -0.39 is 5.97 Å². The van der Waals surface area contributed by atoms with Crippen LogP contribution >= 0.6 is 0 Å². The van der Waals surface area contributed by atoms with E-state index in [0.717, 1.165) is 25.9 Å². The molecule has 2 aliphatic carbocycles. The molecule has 5 heteroatoms. The maximum absolute atomic E-state index is 10.9. The molecule has 1 spiro atoms. The van der Waals surface area contributed by atoms with E-state index in [4.69, 9.17) is 15.0 Å². The lowest BCUT2D eigenvalue weighted by Crippen LogP contribution is -2.52. The first-order chi connectivity index (χ1) is 14.5. The first-order valence-electron chi connectivity index (χ1n) is 10.7. The van der Waals surface area contributed by atoms with Gasteiger partial charge in [0.2, 0.25) is 0 Å². The van der Waals surface area contributed by atoms with Crippen LogP contribution in [0.5, 0.6) is 0 Å². The molecule has 2 atom stereocenters. The molecule has 1 heterocycles. The predicted molar refractivity (Wildman–Crippen MR) is 115 cm³/mol. The number of aliphatic carboxylic acids is 1. The van der Waals surface area contributed by atoms with Gasteiger partial charge in [-0.3, -0.25) is 14.5 Å². The Hall–Kier alpha value is -2.66. The summed E-state index contributed by atoms with van der Waals surface area (Å²) < 4.78 is 0. The van der Waals surface area contributed by atoms with Crippen LogP contribution in [0.1, 0.15) is 47.9 Å². The molecule has 1 aliphatic heterocycles. The Balaban J connectivity index is 0.000000687. The third kappa shape index (κ3) is 3.99. The van der Waals surface area contributed by atoms with Crippen molar-refractivity contribution in [3.63, 3.8) is 0 Å². The Bertz CT molecular complexity index is 921. The highest BCUT2D eigenvalue weighted by atomic mass is 16.4. The van der Waals surface area contributed by atoms with E-state index in [1.165, 1.54) is 36.0 Å². The molecule has 30 heavy (non-hydrogen) atoms. The van der Waals surface area contributed by atoms with Gasteiger partial charge in [-0.05, 0) is 60.3 Å². The Morgan fingerprint density at radius 1 is 1.07 bits per heavy atom. The second-order valence-corrected chi connectivity index (χ2v) is 8.98. The van der Waals surface area contributed by atoms with Crippen molar-refractivity contribution >= 4 is 12.4 Å². The fourth-order valence-corrected chi connectivity index (χ4v) is 5.86. The molecule has 2 unspecified atom stereocenters. The van der Waals surface area contributed by atoms with E-state index in [-0.39, 0.29) is 11.9 Å². The number of rotatable bonds is 3. The van der Waals surface area contributed by atoms with Gasteiger partial charge >= 0.3 is 5.97 Å². The standard InChI is InChI=1S/C24H27NO2.CH2O2/c26-23(27)11-17-15-25(16-17)21-9-10-24(14-21)13-20-7-2-1-5-18(20)12-19-6-3-4-8-22(19)24;2-1-3/h1-8,17,21H,9-16H2,(H,26,27);1H,(H,2,3). The van der Waals surface area contributed by atoms with Crippen molar-refractivity contribution in [2.24, 2.45) is 5.92 Å². The molecule has 0 radical (unpaired) electrons. The largest absolute Gasteiger partial charge is 0.483 e. The van der Waals surface area contributed by atoms with Gasteiger partial charge in [0.1, 0.15) is 0 Å². The first kappa shape index (κ1) is 20.6. The van der Waals surface area contributed by atoms with Gasteiger partial charge in [0.05, 0.1) is 6.42 Å². The highest BCUT2D eigenvalue weighted by molar-refractivity contribution is 5.67. The number of fused-ring (bicyclic) bond motifs is 3. The molecule has 0 aromatic heterocycles. The van der Waals surface area contributed by atoms with Gasteiger partial charge in [-0.2, -0.15) is 0 Å². The number of carbonyl (C=O) groups is 2. The summed E-state index contributed by atoms with van der Waals surface area (Å²) in [6.45, 7) is 1.68. The van der Waals surface area contributed by atoms with Crippen LogP contribution in [0.15, 0.2) is 48.5 Å². The molecule has 1 saturated carbocycles. The van der Waals surface area contributed by atoms with Crippen LogP contribution in [0.2, 0.25) is 0 Å². The van der Waals surface area contributed by atoms with Crippen molar-refractivity contribution in [1.29, 1.82) is 0 Å². The summed E-state index contributed by atoms with van der Waals surface area (Å²) in [5.41, 5.74) is 6.30. The Morgan fingerprint density at radius 3 is 2.40 bits per heavy atom. The second kappa shape index (κ2) is 8.60. The zero-order valence-electron chi connectivity index (χ0n) is 17.2. The van der Waals surface area contributed by atoms with E-state index >= 15 is 0 Å². The number of benzene rings is 2. The van der Waals surface area contributed by atoms with Gasteiger partial charge < -0.3 is 10.2 Å². The molecule has 5 nitrogen and oxygen atoms in total. The van der Waals surface area contributed by atoms with E-state index in [1.54, 1.807) is 5.56 Å². The van der Waals surface area contributed by atoms with Gasteiger partial charge in [-0.1, -0.05) is 48.5 Å². The molecule has 158 valence electrons. The first-order valence-corrected chi connectivity index (χ1v) is 10.7. The quantitative estimate of drug-likeness (QED) is 0.758. The zero-order chi connectivity index (χ0) is 21.1. The monoisotopic (exact) mass is 407 g/mol. The molecule has 2 aromatic rings. The lowest BCUT2D eigenvalue weighted by atomic mass is 9.73. The molecule has 3 aliphatic rings. The number of hydrogen-bond donors (Lipinski definition) is 2. The fraction of sp³-hybridized carbons (Fsp3) is 0.440. The summed E-state index contributed by atoms with van der Waals surface area (Å²) in [6.07, 6.45) is 6.19. The second-order valence-electron chi connectivity index (χ2n) is 8.98. The van der Waals surface area contributed by atoms with Crippen molar-refractivity contribution in [2.75, 3.05) is 13.1 Å². The highest BCUT2D eigenvalue weighted by Gasteiger charge is 2.46. The predicted octanol–water partition coefficient (Wildman–Crippen LogP) is 3.73. The van der Waals surface area contributed by atoms with Crippen LogP contribution < -0.4 is 0 Å². The lowest BCUT2D eigenvalue weighted by Gasteiger charge is -2.43. The lowest BCUT2D eigenvalue weighted by molar-refractivity contribution is -0.139. The number of carboxylic acid groups (broad SMARTS) is 2. The van der Waals surface area contributed by atoms with Crippen molar-refractivity contribution in [1.82, 2.24) is 4.90 Å². The van der Waals surface area contributed by atoms with E-state index in [9.17, 15) is 4.79 Å². The van der Waals surface area contributed by atoms with Gasteiger partial charge in [0.15, 0.2) is 0 Å². The number of hydrogen-bond acceptors (Lipinski definition) is 3. The molecule has 1 saturated heterocycles. The summed E-state index contributed by atoms with van der Waals surface area (Å²) in [4.78, 5) is 21.9. The summed E-state index contributed by atoms with van der Waals surface area (Å²) in [5.74, 6) is -0.307. The molecule has 2 fully saturated rings. The SMILES string of the molecule is O=C(O)CC1CN(C2CCC3(Cc4ccccc4Cc4ccccc43)C2)C1.O=CO. The molecular formula is C25H29NO4. The topological polar surface area (TPSA) is 77.8 Å². The van der Waals surface area contributed by atoms with Crippen molar-refractivity contribution in [3.05, 3.63) is 70.8 Å². The Morgan fingerprint density at radius 2 is 1.70 bits per heavy atom. The van der Waals surface area contributed by atoms with Crippen LogP contribution in [0.4, 0.5) is 0 Å². The average molecular weight is 408 g/mol. The van der Waals surface area contributed by atoms with Gasteiger partial charge in [0.25, 0.3) is 6.47 Å². The van der Waals surface area contributed by atoms with E-state index in [0.29, 0.717) is 18.4 Å². The minimum absolute atomic E-state index is 0.242. The fourth-order valence-electron chi connectivity index (χ4n) is 5.86. The molecule has 0 amide bonds. The van der Waals surface area contributed by atoms with Crippen molar-refractivity contribution < 1.29 is 19.8 Å². The number of likely N-dealkylation sites (tertiary alicyclic amines) is 1. The van der Waals surface area contributed by atoms with E-state index in [1.807, 2.05) is 0 Å². The van der Waals surface area contributed by atoms with Crippen LogP contribution in [0.25, 0.3) is 0 Å². The summed E-state index contributed by atoms with van der Waals surface area (Å²) in [6, 6.07) is 18.6. The van der Waals surface area contributed by atoms with Gasteiger partial charge in [-0.15, -0.1) is 0 Å². The minimum atomic E-state index is -0.656. The maximum Gasteiger partial charge on any atom is 0.303 e. The Labute approximate surface area is 177 Å². The third-order valence-corrected chi connectivity index (χ3v) is 7.16. The molecule has 0 bridgehead atoms. The maximum atomic E-state index is 10.9. The normalized spacial score (nSPS) is 25.3. The summed E-state index contributed by atoms with van der Waals surface area (Å²) in [5, 5.41) is 15.9. The van der Waals surface area contributed by atoms with Crippen LogP contribution in [-0.4, -0.2) is 46.7 Å². The Kier molecular flexibility index (Phi) is 5.91. The number of carboxylic acids is 1. The van der Waals surface area contributed by atoms with E-state index in [2.05, 4.69) is 53.4 Å². The van der Waals surface area contributed by atoms with Crippen LogP contribution in [0.3, 0.4) is 0 Å². The van der Waals surface area contributed by atoms with Gasteiger partial charge in [-0.25, -0.2) is 0 Å². The molecule has 2 aromatic carbocycles. The summed E-state index contributed by atoms with van der Waals surface area (Å²) in [7, 11) is 0. The van der Waals surface area contributed by atoms with Gasteiger partial charge in [0, 0.05) is 24.5 Å². The highest BCUT2D eigenvalue weighted by Crippen LogP contribution is 2.49. The average Bonchev–Trinajstić information content (AvgIpc) is 3.05. The molecule has 5 rings (SSSR count). The van der Waals surface area contributed by atoms with Crippen LogP contribution in [0, 0.1) is 5.92 Å². The number of nitrogens with zero attached hydrogens (tertiary/aromatic N) is 1. The minimum Gasteiger partial charge on any atom is -0.483 e. The molecule has 2 N–H and O–H groups in total. The zero-order valence-corrected chi connectivity index (χ0v) is 17.2. The summed E-state index contributed by atoms with van der Waals surface area (Å²) >= 11 is 0. The van der Waals surface area contributed by atoms with Crippen molar-refractivity contribution in [2.45, 2.75) is 50.0 Å². The smallest absolute Gasteiger partial charge is 0.303 e. The third-order valence-electron chi connectivity index (χ3n) is 7.16.